The fraction of sp³-hybridized carbons (Fsp3) is 1.00. The Morgan fingerprint density at radius 2 is 2.10 bits per heavy atom. The van der Waals surface area contributed by atoms with Gasteiger partial charge in [-0.15, -0.1) is 0 Å². The Hall–Kier alpha value is -0.0800. The van der Waals surface area contributed by atoms with Gasteiger partial charge < -0.3 is 10.2 Å². The largest absolute Gasteiger partial charge is 0.312 e. The van der Waals surface area contributed by atoms with E-state index in [9.17, 15) is 0 Å². The van der Waals surface area contributed by atoms with E-state index in [0.29, 0.717) is 0 Å². The predicted octanol–water partition coefficient (Wildman–Crippen LogP) is 0.298. The molecule has 1 aliphatic heterocycles. The minimum absolute atomic E-state index is 0.806. The minimum atomic E-state index is 0.806. The second kappa shape index (κ2) is 2.21. The van der Waals surface area contributed by atoms with Crippen molar-refractivity contribution in [2.45, 2.75) is 24.9 Å². The molecule has 0 aromatic carbocycles. The highest BCUT2D eigenvalue weighted by Gasteiger charge is 2.42. The molecule has 2 bridgehead atoms. The van der Waals surface area contributed by atoms with Crippen LogP contribution in [0, 0.1) is 5.92 Å². The summed E-state index contributed by atoms with van der Waals surface area (Å²) in [5.41, 5.74) is 0. The Balaban J connectivity index is 2.09. The fourth-order valence-corrected chi connectivity index (χ4v) is 2.59. The maximum Gasteiger partial charge on any atom is 0.0283 e. The van der Waals surface area contributed by atoms with Gasteiger partial charge in [-0.05, 0) is 39.4 Å². The van der Waals surface area contributed by atoms with E-state index >= 15 is 0 Å². The Labute approximate surface area is 62.6 Å². The smallest absolute Gasteiger partial charge is 0.0283 e. The third-order valence-corrected chi connectivity index (χ3v) is 2.98. The SMILES string of the molecule is CN(C)C1C2CCC1NC2. The molecule has 2 nitrogen and oxygen atoms in total. The molecule has 0 amide bonds. The lowest BCUT2D eigenvalue weighted by molar-refractivity contribution is 0.261. The average molecular weight is 140 g/mol. The second-order valence-electron chi connectivity index (χ2n) is 3.81. The summed E-state index contributed by atoms with van der Waals surface area (Å²) in [6, 6.07) is 1.64. The number of rotatable bonds is 1. The molecule has 3 atom stereocenters. The van der Waals surface area contributed by atoms with E-state index in [1.807, 2.05) is 0 Å². The van der Waals surface area contributed by atoms with E-state index < -0.39 is 0 Å². The molecule has 1 saturated heterocycles. The molecule has 1 saturated carbocycles. The summed E-state index contributed by atoms with van der Waals surface area (Å²) < 4.78 is 0. The molecule has 0 radical (unpaired) electrons. The van der Waals surface area contributed by atoms with Crippen LogP contribution in [0.3, 0.4) is 0 Å². The average Bonchev–Trinajstić information content (AvgIpc) is 2.43. The number of hydrogen-bond acceptors (Lipinski definition) is 2. The number of nitrogens with one attached hydrogen (secondary N) is 1. The second-order valence-corrected chi connectivity index (χ2v) is 3.81. The van der Waals surface area contributed by atoms with Crippen LogP contribution in [0.5, 0.6) is 0 Å². The zero-order valence-electron chi connectivity index (χ0n) is 6.80. The van der Waals surface area contributed by atoms with Gasteiger partial charge in [-0.3, -0.25) is 0 Å². The van der Waals surface area contributed by atoms with Crippen LogP contribution in [0.15, 0.2) is 0 Å². The molecule has 3 unspecified atom stereocenters. The van der Waals surface area contributed by atoms with Gasteiger partial charge in [0.05, 0.1) is 0 Å². The highest BCUT2D eigenvalue weighted by atomic mass is 15.2. The highest BCUT2D eigenvalue weighted by molar-refractivity contribution is 5.01. The standard InChI is InChI=1S/C8H16N2/c1-10(2)8-6-3-4-7(8)9-5-6/h6-9H,3-5H2,1-2H3. The van der Waals surface area contributed by atoms with Gasteiger partial charge >= 0.3 is 0 Å². The Kier molecular flexibility index (Phi) is 1.46. The number of piperidine rings is 1. The van der Waals surface area contributed by atoms with Gasteiger partial charge in [0.1, 0.15) is 0 Å². The van der Waals surface area contributed by atoms with E-state index in [-0.39, 0.29) is 0 Å². The van der Waals surface area contributed by atoms with Crippen LogP contribution in [-0.4, -0.2) is 37.6 Å². The first-order valence-corrected chi connectivity index (χ1v) is 4.19. The van der Waals surface area contributed by atoms with Gasteiger partial charge in [0.2, 0.25) is 0 Å². The summed E-state index contributed by atoms with van der Waals surface area (Å²) in [6.45, 7) is 1.26. The molecule has 58 valence electrons. The third-order valence-electron chi connectivity index (χ3n) is 2.98. The summed E-state index contributed by atoms with van der Waals surface area (Å²) in [4.78, 5) is 2.38. The topological polar surface area (TPSA) is 15.3 Å². The van der Waals surface area contributed by atoms with Crippen molar-refractivity contribution in [3.8, 4) is 0 Å². The molecule has 0 aromatic heterocycles. The van der Waals surface area contributed by atoms with Crippen LogP contribution in [0.25, 0.3) is 0 Å². The zero-order valence-corrected chi connectivity index (χ0v) is 6.80. The van der Waals surface area contributed by atoms with E-state index in [1.165, 1.54) is 19.4 Å². The molecule has 2 fully saturated rings. The molecular weight excluding hydrogens is 124 g/mol. The molecule has 2 aliphatic rings. The van der Waals surface area contributed by atoms with E-state index in [2.05, 4.69) is 24.3 Å². The van der Waals surface area contributed by atoms with Crippen LogP contribution < -0.4 is 5.32 Å². The summed E-state index contributed by atoms with van der Waals surface area (Å²) in [7, 11) is 4.39. The lowest BCUT2D eigenvalue weighted by Crippen LogP contribution is -2.37. The Morgan fingerprint density at radius 3 is 2.30 bits per heavy atom. The van der Waals surface area contributed by atoms with Crippen LogP contribution in [0.4, 0.5) is 0 Å². The normalized spacial score (nSPS) is 45.3. The van der Waals surface area contributed by atoms with E-state index in [4.69, 9.17) is 0 Å². The first-order chi connectivity index (χ1) is 4.79. The lowest BCUT2D eigenvalue weighted by Gasteiger charge is -2.22. The number of hydrogen-bond donors (Lipinski definition) is 1. The molecule has 0 aromatic rings. The molecule has 10 heavy (non-hydrogen) atoms. The minimum Gasteiger partial charge on any atom is -0.312 e. The van der Waals surface area contributed by atoms with Crippen LogP contribution in [0.1, 0.15) is 12.8 Å². The lowest BCUT2D eigenvalue weighted by atomic mass is 10.1. The van der Waals surface area contributed by atoms with Crippen LogP contribution >= 0.6 is 0 Å². The molecule has 1 N–H and O–H groups in total. The molecule has 1 heterocycles. The van der Waals surface area contributed by atoms with Gasteiger partial charge in [-0.2, -0.15) is 0 Å². The monoisotopic (exact) mass is 140 g/mol. The number of fused-ring (bicyclic) bond motifs is 2. The Bertz CT molecular complexity index is 113. The van der Waals surface area contributed by atoms with Crippen molar-refractivity contribution in [1.29, 1.82) is 0 Å². The molecule has 1 aliphatic carbocycles. The zero-order chi connectivity index (χ0) is 7.14. The number of nitrogens with zero attached hydrogens (tertiary/aromatic N) is 1. The van der Waals surface area contributed by atoms with Crippen LogP contribution in [-0.2, 0) is 0 Å². The molecule has 0 spiro atoms. The van der Waals surface area contributed by atoms with Crippen molar-refractivity contribution in [2.75, 3.05) is 20.6 Å². The van der Waals surface area contributed by atoms with Crippen molar-refractivity contribution in [1.82, 2.24) is 10.2 Å². The van der Waals surface area contributed by atoms with Gasteiger partial charge in [-0.1, -0.05) is 0 Å². The van der Waals surface area contributed by atoms with Gasteiger partial charge in [0.15, 0.2) is 0 Å². The summed E-state index contributed by atoms with van der Waals surface area (Å²) in [5, 5.41) is 3.55. The molecule has 2 heteroatoms. The predicted molar refractivity (Wildman–Crippen MR) is 42.0 cm³/mol. The van der Waals surface area contributed by atoms with Crippen LogP contribution in [0.2, 0.25) is 0 Å². The summed E-state index contributed by atoms with van der Waals surface area (Å²) in [5.74, 6) is 0.944. The summed E-state index contributed by atoms with van der Waals surface area (Å²) >= 11 is 0. The molecular formula is C8H16N2. The fourth-order valence-electron chi connectivity index (χ4n) is 2.59. The van der Waals surface area contributed by atoms with Gasteiger partial charge in [-0.25, -0.2) is 0 Å². The van der Waals surface area contributed by atoms with E-state index in [1.54, 1.807) is 0 Å². The van der Waals surface area contributed by atoms with Crippen molar-refractivity contribution >= 4 is 0 Å². The highest BCUT2D eigenvalue weighted by Crippen LogP contribution is 2.33. The van der Waals surface area contributed by atoms with Gasteiger partial charge in [0, 0.05) is 12.1 Å². The van der Waals surface area contributed by atoms with E-state index in [0.717, 1.165) is 18.0 Å². The van der Waals surface area contributed by atoms with Gasteiger partial charge in [0.25, 0.3) is 0 Å². The maximum absolute atomic E-state index is 3.55. The first-order valence-electron chi connectivity index (χ1n) is 4.19. The summed E-state index contributed by atoms with van der Waals surface area (Å²) in [6.07, 6.45) is 2.84. The third kappa shape index (κ3) is 0.789. The van der Waals surface area contributed by atoms with Crippen molar-refractivity contribution in [3.63, 3.8) is 0 Å². The maximum atomic E-state index is 3.55. The van der Waals surface area contributed by atoms with Crippen molar-refractivity contribution in [3.05, 3.63) is 0 Å². The Morgan fingerprint density at radius 1 is 1.30 bits per heavy atom. The molecule has 2 rings (SSSR count). The van der Waals surface area contributed by atoms with Crippen molar-refractivity contribution in [2.24, 2.45) is 5.92 Å². The van der Waals surface area contributed by atoms with Crippen molar-refractivity contribution < 1.29 is 0 Å². The quantitative estimate of drug-likeness (QED) is 0.563. The first kappa shape index (κ1) is 6.62. The number of likely N-dealkylation sites (N-methyl/N-ethyl adjacent to an activating group) is 1.